The van der Waals surface area contributed by atoms with Gasteiger partial charge in [0.25, 0.3) is 0 Å². The highest BCUT2D eigenvalue weighted by Gasteiger charge is 2.24. The molecular weight excluding hydrogens is 326 g/mol. The molecule has 0 fully saturated rings. The molecule has 0 aliphatic heterocycles. The Kier molecular flexibility index (Phi) is 5.59. The fraction of sp³-hybridized carbons (Fsp3) is 0.190. The first-order valence-electron chi connectivity index (χ1n) is 8.56. The summed E-state index contributed by atoms with van der Waals surface area (Å²) in [4.78, 5) is 16.8. The maximum absolute atomic E-state index is 12.3. The highest BCUT2D eigenvalue weighted by molar-refractivity contribution is 5.91. The number of nitrogens with one attached hydrogen (secondary N) is 1. The Labute approximate surface area is 152 Å². The van der Waals surface area contributed by atoms with Gasteiger partial charge in [0.2, 0.25) is 17.6 Å². The van der Waals surface area contributed by atoms with E-state index in [1.54, 1.807) is 6.08 Å². The standard InChI is InChI=1S/C21H21N3O2/c1-15(2)19(22-18(25)14-13-16-9-5-3-6-10-16)21-23-20(24-26-21)17-11-7-4-8-12-17/h3-15,19H,1-2H3,(H,22,25)/b14-13+. The molecule has 0 bridgehead atoms. The first-order chi connectivity index (χ1) is 12.6. The van der Waals surface area contributed by atoms with E-state index >= 15 is 0 Å². The van der Waals surface area contributed by atoms with E-state index in [1.165, 1.54) is 6.08 Å². The van der Waals surface area contributed by atoms with Crippen LogP contribution in [-0.2, 0) is 4.79 Å². The minimum atomic E-state index is -0.354. The molecule has 1 atom stereocenters. The van der Waals surface area contributed by atoms with Gasteiger partial charge in [-0.05, 0) is 17.6 Å². The van der Waals surface area contributed by atoms with Crippen molar-refractivity contribution >= 4 is 12.0 Å². The number of hydrogen-bond acceptors (Lipinski definition) is 4. The van der Waals surface area contributed by atoms with E-state index in [-0.39, 0.29) is 17.9 Å². The molecule has 0 saturated carbocycles. The van der Waals surface area contributed by atoms with E-state index in [9.17, 15) is 4.79 Å². The van der Waals surface area contributed by atoms with Crippen LogP contribution in [0.1, 0.15) is 31.3 Å². The van der Waals surface area contributed by atoms with Crippen LogP contribution in [0.4, 0.5) is 0 Å². The predicted octanol–water partition coefficient (Wildman–Crippen LogP) is 4.26. The molecule has 1 heterocycles. The second kappa shape index (κ2) is 8.25. The summed E-state index contributed by atoms with van der Waals surface area (Å²) in [5, 5.41) is 6.98. The largest absolute Gasteiger partial charge is 0.340 e. The van der Waals surface area contributed by atoms with Crippen molar-refractivity contribution in [2.45, 2.75) is 19.9 Å². The van der Waals surface area contributed by atoms with Crippen molar-refractivity contribution in [3.05, 3.63) is 78.2 Å². The van der Waals surface area contributed by atoms with Gasteiger partial charge in [0, 0.05) is 11.6 Å². The van der Waals surface area contributed by atoms with Crippen molar-refractivity contribution in [3.63, 3.8) is 0 Å². The highest BCUT2D eigenvalue weighted by atomic mass is 16.5. The molecule has 0 aliphatic rings. The van der Waals surface area contributed by atoms with Crippen LogP contribution >= 0.6 is 0 Å². The number of nitrogens with zero attached hydrogens (tertiary/aromatic N) is 2. The van der Waals surface area contributed by atoms with Crippen molar-refractivity contribution in [2.75, 3.05) is 0 Å². The molecule has 0 radical (unpaired) electrons. The lowest BCUT2D eigenvalue weighted by atomic mass is 10.0. The number of carbonyl (C=O) groups excluding carboxylic acids is 1. The maximum atomic E-state index is 12.3. The third-order valence-electron chi connectivity index (χ3n) is 3.93. The fourth-order valence-electron chi connectivity index (χ4n) is 2.52. The first-order valence-corrected chi connectivity index (χ1v) is 8.56. The van der Waals surface area contributed by atoms with Gasteiger partial charge >= 0.3 is 0 Å². The third kappa shape index (κ3) is 4.45. The van der Waals surface area contributed by atoms with Crippen molar-refractivity contribution < 1.29 is 9.32 Å². The molecule has 26 heavy (non-hydrogen) atoms. The summed E-state index contributed by atoms with van der Waals surface area (Å²) in [5.41, 5.74) is 1.84. The second-order valence-corrected chi connectivity index (χ2v) is 6.30. The fourth-order valence-corrected chi connectivity index (χ4v) is 2.52. The van der Waals surface area contributed by atoms with Gasteiger partial charge in [0.05, 0.1) is 0 Å². The molecule has 132 valence electrons. The Morgan fingerprint density at radius 2 is 1.69 bits per heavy atom. The Morgan fingerprint density at radius 3 is 2.35 bits per heavy atom. The van der Waals surface area contributed by atoms with Gasteiger partial charge in [0.1, 0.15) is 6.04 Å². The molecule has 3 rings (SSSR count). The molecule has 1 unspecified atom stereocenters. The number of rotatable bonds is 6. The van der Waals surface area contributed by atoms with Crippen molar-refractivity contribution in [1.29, 1.82) is 0 Å². The lowest BCUT2D eigenvalue weighted by molar-refractivity contribution is -0.117. The van der Waals surface area contributed by atoms with E-state index in [1.807, 2.05) is 74.5 Å². The Balaban J connectivity index is 1.72. The average molecular weight is 347 g/mol. The summed E-state index contributed by atoms with van der Waals surface area (Å²) in [5.74, 6) is 0.820. The quantitative estimate of drug-likeness (QED) is 0.676. The van der Waals surface area contributed by atoms with Gasteiger partial charge in [-0.15, -0.1) is 0 Å². The van der Waals surface area contributed by atoms with E-state index in [2.05, 4.69) is 15.5 Å². The lowest BCUT2D eigenvalue weighted by Gasteiger charge is -2.17. The molecule has 1 amide bonds. The van der Waals surface area contributed by atoms with E-state index in [0.29, 0.717) is 11.7 Å². The second-order valence-electron chi connectivity index (χ2n) is 6.30. The van der Waals surface area contributed by atoms with Gasteiger partial charge in [-0.25, -0.2) is 0 Å². The SMILES string of the molecule is CC(C)C(NC(=O)/C=C/c1ccccc1)c1nc(-c2ccccc2)no1. The van der Waals surface area contributed by atoms with Gasteiger partial charge in [-0.3, -0.25) is 4.79 Å². The molecular formula is C21H21N3O2. The van der Waals surface area contributed by atoms with E-state index in [0.717, 1.165) is 11.1 Å². The molecule has 5 nitrogen and oxygen atoms in total. The Hall–Kier alpha value is -3.21. The minimum absolute atomic E-state index is 0.105. The number of carbonyl (C=O) groups is 1. The monoisotopic (exact) mass is 347 g/mol. The summed E-state index contributed by atoms with van der Waals surface area (Å²) < 4.78 is 5.41. The van der Waals surface area contributed by atoms with Gasteiger partial charge in [-0.2, -0.15) is 4.98 Å². The topological polar surface area (TPSA) is 68.0 Å². The maximum Gasteiger partial charge on any atom is 0.249 e. The van der Waals surface area contributed by atoms with Crippen molar-refractivity contribution in [2.24, 2.45) is 5.92 Å². The number of hydrogen-bond donors (Lipinski definition) is 1. The van der Waals surface area contributed by atoms with Gasteiger partial charge < -0.3 is 9.84 Å². The summed E-state index contributed by atoms with van der Waals surface area (Å²) in [6.45, 7) is 4.00. The Morgan fingerprint density at radius 1 is 1.04 bits per heavy atom. The summed E-state index contributed by atoms with van der Waals surface area (Å²) in [6.07, 6.45) is 3.29. The molecule has 2 aromatic carbocycles. The van der Waals surface area contributed by atoms with Crippen LogP contribution in [0.2, 0.25) is 0 Å². The van der Waals surface area contributed by atoms with Crippen LogP contribution < -0.4 is 5.32 Å². The number of benzene rings is 2. The van der Waals surface area contributed by atoms with Crippen molar-refractivity contribution in [3.8, 4) is 11.4 Å². The van der Waals surface area contributed by atoms with Crippen LogP contribution in [0.5, 0.6) is 0 Å². The van der Waals surface area contributed by atoms with E-state index < -0.39 is 0 Å². The van der Waals surface area contributed by atoms with Crippen LogP contribution in [0.15, 0.2) is 71.3 Å². The molecule has 5 heteroatoms. The van der Waals surface area contributed by atoms with E-state index in [4.69, 9.17) is 4.52 Å². The normalized spacial score (nSPS) is 12.4. The predicted molar refractivity (Wildman–Crippen MR) is 101 cm³/mol. The smallest absolute Gasteiger partial charge is 0.249 e. The van der Waals surface area contributed by atoms with Crippen LogP contribution in [0, 0.1) is 5.92 Å². The van der Waals surface area contributed by atoms with Crippen LogP contribution in [0.3, 0.4) is 0 Å². The highest BCUT2D eigenvalue weighted by Crippen LogP contribution is 2.23. The van der Waals surface area contributed by atoms with Gasteiger partial charge in [-0.1, -0.05) is 79.7 Å². The van der Waals surface area contributed by atoms with Crippen LogP contribution in [-0.4, -0.2) is 16.0 Å². The Bertz CT molecular complexity index is 871. The van der Waals surface area contributed by atoms with Crippen LogP contribution in [0.25, 0.3) is 17.5 Å². The summed E-state index contributed by atoms with van der Waals surface area (Å²) in [7, 11) is 0. The average Bonchev–Trinajstić information content (AvgIpc) is 3.15. The number of amides is 1. The molecule has 3 aromatic rings. The van der Waals surface area contributed by atoms with Gasteiger partial charge in [0.15, 0.2) is 0 Å². The summed E-state index contributed by atoms with van der Waals surface area (Å²) in [6, 6.07) is 18.9. The molecule has 0 aliphatic carbocycles. The van der Waals surface area contributed by atoms with Crippen molar-refractivity contribution in [1.82, 2.24) is 15.5 Å². The lowest BCUT2D eigenvalue weighted by Crippen LogP contribution is -2.30. The zero-order valence-corrected chi connectivity index (χ0v) is 14.8. The molecule has 1 aromatic heterocycles. The zero-order chi connectivity index (χ0) is 18.4. The molecule has 0 spiro atoms. The summed E-state index contributed by atoms with van der Waals surface area (Å²) >= 11 is 0. The first kappa shape index (κ1) is 17.6. The third-order valence-corrected chi connectivity index (χ3v) is 3.93. The molecule has 1 N–H and O–H groups in total. The molecule has 0 saturated heterocycles. The minimum Gasteiger partial charge on any atom is -0.340 e. The zero-order valence-electron chi connectivity index (χ0n) is 14.8. The number of aromatic nitrogens is 2.